The Morgan fingerprint density at radius 1 is 1.62 bits per heavy atom. The van der Waals surface area contributed by atoms with Gasteiger partial charge in [-0.2, -0.15) is 0 Å². The Morgan fingerprint density at radius 3 is 2.62 bits per heavy atom. The molecule has 1 saturated heterocycles. The van der Waals surface area contributed by atoms with Crippen LogP contribution in [0.1, 0.15) is 12.8 Å². The minimum absolute atomic E-state index is 0. The highest BCUT2D eigenvalue weighted by molar-refractivity contribution is 5.75. The molecule has 0 bridgehead atoms. The fourth-order valence-electron chi connectivity index (χ4n) is 0.913. The average Bonchev–Trinajstić information content (AvgIpc) is 2.14. The van der Waals surface area contributed by atoms with E-state index >= 15 is 0 Å². The van der Waals surface area contributed by atoms with Crippen molar-refractivity contribution in [1.82, 2.24) is 5.32 Å². The van der Waals surface area contributed by atoms with Gasteiger partial charge in [-0.3, -0.25) is 0 Å². The Balaban J connectivity index is 0.000000490. The number of hydrogen-bond donors (Lipinski definition) is 2. The van der Waals surface area contributed by atoms with Crippen LogP contribution in [0.5, 0.6) is 0 Å². The molecule has 0 aromatic heterocycles. The van der Waals surface area contributed by atoms with Gasteiger partial charge in [-0.05, 0) is 19.4 Å². The summed E-state index contributed by atoms with van der Waals surface area (Å²) < 4.78 is 0. The molecule has 0 radical (unpaired) electrons. The van der Waals surface area contributed by atoms with E-state index in [1.165, 1.54) is 6.42 Å². The van der Waals surface area contributed by atoms with Crippen LogP contribution in [0.3, 0.4) is 0 Å². The molecule has 1 fully saturated rings. The molecule has 0 aliphatic carbocycles. The number of aliphatic hydroxyl groups excluding tert-OH is 1. The lowest BCUT2D eigenvalue weighted by Crippen LogP contribution is -2.24. The molecule has 0 saturated carbocycles. The molecule has 2 nitrogen and oxygen atoms in total. The van der Waals surface area contributed by atoms with Gasteiger partial charge in [0.15, 0.2) is 0 Å². The first-order chi connectivity index (χ1) is 3.43. The molecule has 0 spiro atoms. The van der Waals surface area contributed by atoms with Crippen molar-refractivity contribution in [3.05, 3.63) is 0 Å². The largest absolute Gasteiger partial charge is 0.395 e. The summed E-state index contributed by atoms with van der Waals surface area (Å²) in [5, 5.41) is 11.7. The van der Waals surface area contributed by atoms with E-state index in [9.17, 15) is 0 Å². The van der Waals surface area contributed by atoms with Gasteiger partial charge in [0.25, 0.3) is 0 Å². The Hall–Kier alpha value is -0.0151. The van der Waals surface area contributed by atoms with Crippen LogP contribution in [0.25, 0.3) is 0 Å². The first-order valence-electron chi connectivity index (χ1n) is 2.77. The third-order valence-electron chi connectivity index (χ3n) is 1.38. The highest BCUT2D eigenvalue weighted by Crippen LogP contribution is 2.02. The van der Waals surface area contributed by atoms with E-state index in [0.717, 1.165) is 13.0 Å². The molecule has 0 unspecified atom stereocenters. The molecule has 1 atom stereocenters. The first kappa shape index (κ1) is 7.98. The van der Waals surface area contributed by atoms with Gasteiger partial charge in [-0.25, -0.2) is 0 Å². The summed E-state index contributed by atoms with van der Waals surface area (Å²) in [5.41, 5.74) is 0. The van der Waals surface area contributed by atoms with Crippen LogP contribution in [0, 0.1) is 0 Å². The molecule has 1 heterocycles. The Labute approximate surface area is 51.9 Å². The van der Waals surface area contributed by atoms with Crippen LogP contribution in [0.4, 0.5) is 0 Å². The molecule has 1 aliphatic heterocycles. The summed E-state index contributed by atoms with van der Waals surface area (Å²) in [7, 11) is 0. The van der Waals surface area contributed by atoms with Crippen LogP contribution >= 0.6 is 0 Å². The summed E-state index contributed by atoms with van der Waals surface area (Å²) >= 11 is 0. The second kappa shape index (κ2) is 3.92. The van der Waals surface area contributed by atoms with Gasteiger partial charge in [-0.15, -0.1) is 0 Å². The van der Waals surface area contributed by atoms with E-state index in [1.54, 1.807) is 0 Å². The predicted molar refractivity (Wildman–Crippen MR) is 38.0 cm³/mol. The van der Waals surface area contributed by atoms with Gasteiger partial charge in [0.2, 0.25) is 0 Å². The van der Waals surface area contributed by atoms with Crippen molar-refractivity contribution in [1.29, 1.82) is 0 Å². The van der Waals surface area contributed by atoms with E-state index < -0.39 is 0 Å². The molecule has 1 aliphatic rings. The summed E-state index contributed by atoms with van der Waals surface area (Å²) in [4.78, 5) is 0. The minimum atomic E-state index is 0. The average molecular weight is 115 g/mol. The maximum atomic E-state index is 8.50. The second-order valence-electron chi connectivity index (χ2n) is 1.98. The first-order valence-corrected chi connectivity index (χ1v) is 2.77. The monoisotopic (exact) mass is 115 g/mol. The number of hydrogen-bond acceptors (Lipinski definition) is 2. The molecule has 1 rings (SSSR count). The van der Waals surface area contributed by atoms with Crippen LogP contribution < -0.4 is 5.32 Å². The molecule has 48 valence electrons. The van der Waals surface area contributed by atoms with Crippen LogP contribution in [0.15, 0.2) is 0 Å². The molecule has 2 N–H and O–H groups in total. The predicted octanol–water partition coefficient (Wildman–Crippen LogP) is -1.45. The van der Waals surface area contributed by atoms with Gasteiger partial charge >= 0.3 is 0 Å². The third kappa shape index (κ3) is 1.84. The zero-order valence-corrected chi connectivity index (χ0v) is 4.35. The molecule has 0 aromatic carbocycles. The standard InChI is InChI=1S/C5H11NO.BH3/c7-4-5-2-1-3-6-5;/h5-7H,1-4H2;1H3/t5-;/m0./s1. The molecular weight excluding hydrogens is 101 g/mol. The summed E-state index contributed by atoms with van der Waals surface area (Å²) in [6.45, 7) is 1.39. The maximum absolute atomic E-state index is 8.50. The minimum Gasteiger partial charge on any atom is -0.395 e. The maximum Gasteiger partial charge on any atom is 0.0814 e. The quantitative estimate of drug-likeness (QED) is 0.409. The van der Waals surface area contributed by atoms with Crippen LogP contribution in [-0.4, -0.2) is 32.7 Å². The Bertz CT molecular complexity index is 54.4. The lowest BCUT2D eigenvalue weighted by Gasteiger charge is -2.01. The van der Waals surface area contributed by atoms with Crippen molar-refractivity contribution in [2.75, 3.05) is 13.2 Å². The van der Waals surface area contributed by atoms with E-state index in [-0.39, 0.29) is 8.41 Å². The number of aliphatic hydroxyl groups is 1. The van der Waals surface area contributed by atoms with Gasteiger partial charge in [-0.1, -0.05) is 0 Å². The van der Waals surface area contributed by atoms with E-state index in [1.807, 2.05) is 0 Å². The summed E-state index contributed by atoms with van der Waals surface area (Å²) in [5.74, 6) is 0. The van der Waals surface area contributed by atoms with E-state index in [0.29, 0.717) is 12.6 Å². The van der Waals surface area contributed by atoms with Gasteiger partial charge < -0.3 is 10.4 Å². The molecule has 3 heteroatoms. The van der Waals surface area contributed by atoms with Crippen molar-refractivity contribution >= 4 is 8.41 Å². The van der Waals surface area contributed by atoms with Gasteiger partial charge in [0, 0.05) is 6.04 Å². The van der Waals surface area contributed by atoms with Crippen molar-refractivity contribution in [3.8, 4) is 0 Å². The highest BCUT2D eigenvalue weighted by Gasteiger charge is 2.10. The van der Waals surface area contributed by atoms with E-state index in [4.69, 9.17) is 5.11 Å². The zero-order valence-electron chi connectivity index (χ0n) is 4.35. The third-order valence-corrected chi connectivity index (χ3v) is 1.38. The van der Waals surface area contributed by atoms with Crippen molar-refractivity contribution in [2.45, 2.75) is 18.9 Å². The summed E-state index contributed by atoms with van der Waals surface area (Å²) in [6.07, 6.45) is 2.38. The van der Waals surface area contributed by atoms with Crippen LogP contribution in [-0.2, 0) is 0 Å². The molecule has 0 aromatic rings. The molecule has 0 amide bonds. The highest BCUT2D eigenvalue weighted by atomic mass is 16.3. The Kier molecular flexibility index (Phi) is 3.92. The normalized spacial score (nSPS) is 27.4. The smallest absolute Gasteiger partial charge is 0.0814 e. The lowest BCUT2D eigenvalue weighted by atomic mass is 10.2. The molecular formula is C5H14BNO. The molecule has 8 heavy (non-hydrogen) atoms. The van der Waals surface area contributed by atoms with E-state index in [2.05, 4.69) is 5.32 Å². The zero-order chi connectivity index (χ0) is 5.11. The fraction of sp³-hybridized carbons (Fsp3) is 1.00. The van der Waals surface area contributed by atoms with Crippen LogP contribution in [0.2, 0.25) is 0 Å². The number of rotatable bonds is 1. The Morgan fingerprint density at radius 2 is 2.38 bits per heavy atom. The van der Waals surface area contributed by atoms with Crippen molar-refractivity contribution < 1.29 is 5.11 Å². The lowest BCUT2D eigenvalue weighted by molar-refractivity contribution is 0.255. The SMILES string of the molecule is B.OC[C@@H]1CCCN1. The second-order valence-corrected chi connectivity index (χ2v) is 1.98. The van der Waals surface area contributed by atoms with Gasteiger partial charge in [0.1, 0.15) is 0 Å². The topological polar surface area (TPSA) is 32.3 Å². The van der Waals surface area contributed by atoms with Gasteiger partial charge in [0.05, 0.1) is 15.0 Å². The summed E-state index contributed by atoms with van der Waals surface area (Å²) in [6, 6.07) is 0.403. The number of nitrogens with one attached hydrogen (secondary N) is 1. The van der Waals surface area contributed by atoms with Crippen molar-refractivity contribution in [3.63, 3.8) is 0 Å². The van der Waals surface area contributed by atoms with Crippen molar-refractivity contribution in [2.24, 2.45) is 0 Å². The fourth-order valence-corrected chi connectivity index (χ4v) is 0.913.